The third-order valence-electron chi connectivity index (χ3n) is 7.53. The van der Waals surface area contributed by atoms with Gasteiger partial charge in [0.1, 0.15) is 6.61 Å². The number of ether oxygens (including phenoxy) is 1. The Labute approximate surface area is 168 Å². The maximum atomic E-state index is 12.5. The van der Waals surface area contributed by atoms with Crippen LogP contribution in [0.25, 0.3) is 0 Å². The number of piperidine rings is 1. The highest BCUT2D eigenvalue weighted by Gasteiger charge is 2.60. The van der Waals surface area contributed by atoms with Crippen LogP contribution in [0.2, 0.25) is 0 Å². The van der Waals surface area contributed by atoms with Crippen LogP contribution in [0.5, 0.6) is 0 Å². The van der Waals surface area contributed by atoms with Gasteiger partial charge >= 0.3 is 6.18 Å². The Morgan fingerprint density at radius 3 is 2.45 bits per heavy atom. The fourth-order valence-electron chi connectivity index (χ4n) is 5.54. The van der Waals surface area contributed by atoms with Gasteiger partial charge in [-0.1, -0.05) is 12.8 Å². The molecule has 9 heteroatoms. The van der Waals surface area contributed by atoms with Crippen LogP contribution in [0.15, 0.2) is 0 Å². The molecule has 164 valence electrons. The Hall–Kier alpha value is -1.35. The van der Waals surface area contributed by atoms with E-state index in [-0.39, 0.29) is 44.1 Å². The van der Waals surface area contributed by atoms with Crippen molar-refractivity contribution >= 4 is 11.8 Å². The minimum Gasteiger partial charge on any atom is -0.387 e. The summed E-state index contributed by atoms with van der Waals surface area (Å²) in [6.45, 7) is 1.22. The molecule has 2 saturated carbocycles. The van der Waals surface area contributed by atoms with Crippen LogP contribution >= 0.6 is 0 Å². The average Bonchev–Trinajstić information content (AvgIpc) is 3.25. The normalized spacial score (nSPS) is 31.0. The van der Waals surface area contributed by atoms with E-state index in [0.29, 0.717) is 6.61 Å². The van der Waals surface area contributed by atoms with E-state index in [1.54, 1.807) is 4.90 Å². The van der Waals surface area contributed by atoms with Gasteiger partial charge in [0.2, 0.25) is 11.8 Å². The van der Waals surface area contributed by atoms with Crippen LogP contribution < -0.4 is 0 Å². The lowest BCUT2D eigenvalue weighted by Gasteiger charge is -2.54. The first-order valence-corrected chi connectivity index (χ1v) is 10.5. The Bertz CT molecular complexity index is 673. The zero-order chi connectivity index (χ0) is 20.9. The fourth-order valence-corrected chi connectivity index (χ4v) is 5.54. The van der Waals surface area contributed by atoms with Crippen LogP contribution in [0.3, 0.4) is 0 Å². The minimum absolute atomic E-state index is 0.0207. The Morgan fingerprint density at radius 1 is 1.14 bits per heavy atom. The molecule has 4 aliphatic rings. The number of nitrogens with zero attached hydrogens (tertiary/aromatic N) is 2. The van der Waals surface area contributed by atoms with Crippen molar-refractivity contribution in [2.45, 2.75) is 75.1 Å². The van der Waals surface area contributed by atoms with Crippen molar-refractivity contribution in [3.8, 4) is 0 Å². The summed E-state index contributed by atoms with van der Waals surface area (Å²) in [5.74, 6) is -0.615. The number of amides is 2. The van der Waals surface area contributed by atoms with Gasteiger partial charge in [0.05, 0.1) is 30.7 Å². The second-order valence-corrected chi connectivity index (χ2v) is 9.40. The molecule has 0 aromatic carbocycles. The maximum absolute atomic E-state index is 12.5. The van der Waals surface area contributed by atoms with Crippen LogP contribution in [0.1, 0.15) is 57.8 Å². The van der Waals surface area contributed by atoms with Crippen LogP contribution in [0, 0.1) is 5.41 Å². The number of halogens is 3. The van der Waals surface area contributed by atoms with E-state index in [9.17, 15) is 27.9 Å². The van der Waals surface area contributed by atoms with Crippen molar-refractivity contribution in [1.82, 2.24) is 9.80 Å². The molecule has 4 rings (SSSR count). The van der Waals surface area contributed by atoms with Gasteiger partial charge < -0.3 is 19.6 Å². The number of morpholine rings is 1. The Kier molecular flexibility index (Phi) is 5.13. The van der Waals surface area contributed by atoms with Gasteiger partial charge in [-0.3, -0.25) is 9.59 Å². The number of rotatable bonds is 4. The third kappa shape index (κ3) is 3.87. The molecule has 2 heterocycles. The van der Waals surface area contributed by atoms with Gasteiger partial charge in [0.15, 0.2) is 0 Å². The summed E-state index contributed by atoms with van der Waals surface area (Å²) in [6, 6.07) is 0. The highest BCUT2D eigenvalue weighted by atomic mass is 19.4. The monoisotopic (exact) mass is 418 g/mol. The Balaban J connectivity index is 1.49. The van der Waals surface area contributed by atoms with Gasteiger partial charge in [-0.2, -0.15) is 13.2 Å². The van der Waals surface area contributed by atoms with E-state index in [1.807, 2.05) is 0 Å². The van der Waals surface area contributed by atoms with E-state index in [1.165, 1.54) is 4.90 Å². The van der Waals surface area contributed by atoms with Gasteiger partial charge in [-0.25, -0.2) is 0 Å². The van der Waals surface area contributed by atoms with Crippen molar-refractivity contribution in [3.63, 3.8) is 0 Å². The SMILES string of the molecule is O=C(CCC(F)(F)F)N1CCC(O)(CN2C(=O)COCC23CC3)C2(CCCC2)C1. The summed E-state index contributed by atoms with van der Waals surface area (Å²) < 4.78 is 43.0. The average molecular weight is 418 g/mol. The maximum Gasteiger partial charge on any atom is 0.389 e. The smallest absolute Gasteiger partial charge is 0.387 e. The first kappa shape index (κ1) is 20.9. The molecular formula is C20H29F3N2O4. The number of hydrogen-bond acceptors (Lipinski definition) is 4. The molecule has 0 bridgehead atoms. The summed E-state index contributed by atoms with van der Waals surface area (Å²) in [5, 5.41) is 11.8. The molecule has 1 unspecified atom stereocenters. The number of hydrogen-bond donors (Lipinski definition) is 1. The number of β-amino-alcohol motifs (C(OH)–C–C–N with tert-alkyl or cyclic N) is 1. The van der Waals surface area contributed by atoms with Crippen molar-refractivity contribution < 1.29 is 32.6 Å². The van der Waals surface area contributed by atoms with Crippen molar-refractivity contribution in [2.75, 3.05) is 32.8 Å². The summed E-state index contributed by atoms with van der Waals surface area (Å²) in [5.41, 5.74) is -1.99. The Morgan fingerprint density at radius 2 is 1.83 bits per heavy atom. The summed E-state index contributed by atoms with van der Waals surface area (Å²) >= 11 is 0. The van der Waals surface area contributed by atoms with E-state index in [0.717, 1.165) is 38.5 Å². The standard InChI is InChI=1S/C20H29F3N2O4/c21-20(22,23)6-3-15(26)24-10-9-19(28,17(12-24)4-1-2-5-17)13-25-16(27)11-29-14-18(25)7-8-18/h28H,1-14H2. The minimum atomic E-state index is -4.35. The second kappa shape index (κ2) is 7.11. The molecule has 2 aliphatic heterocycles. The molecule has 0 radical (unpaired) electrons. The number of carbonyl (C=O) groups is 2. The highest BCUT2D eigenvalue weighted by Crippen LogP contribution is 2.53. The lowest BCUT2D eigenvalue weighted by atomic mass is 9.65. The molecule has 6 nitrogen and oxygen atoms in total. The van der Waals surface area contributed by atoms with Crippen molar-refractivity contribution in [2.24, 2.45) is 5.41 Å². The summed E-state index contributed by atoms with van der Waals surface area (Å²) in [4.78, 5) is 28.2. The number of alkyl halides is 3. The predicted octanol–water partition coefficient (Wildman–Crippen LogP) is 2.24. The molecular weight excluding hydrogens is 389 g/mol. The molecule has 1 N–H and O–H groups in total. The number of aliphatic hydroxyl groups is 1. The zero-order valence-electron chi connectivity index (χ0n) is 16.6. The second-order valence-electron chi connectivity index (χ2n) is 9.40. The molecule has 2 aliphatic carbocycles. The third-order valence-corrected chi connectivity index (χ3v) is 7.53. The first-order chi connectivity index (χ1) is 13.6. The molecule has 29 heavy (non-hydrogen) atoms. The van der Waals surface area contributed by atoms with E-state index in [2.05, 4.69) is 0 Å². The lowest BCUT2D eigenvalue weighted by Crippen LogP contribution is -2.66. The molecule has 2 amide bonds. The van der Waals surface area contributed by atoms with Crippen molar-refractivity contribution in [3.05, 3.63) is 0 Å². The molecule has 4 fully saturated rings. The van der Waals surface area contributed by atoms with Gasteiger partial charge in [-0.05, 0) is 32.1 Å². The lowest BCUT2D eigenvalue weighted by molar-refractivity contribution is -0.181. The molecule has 1 atom stereocenters. The van der Waals surface area contributed by atoms with Crippen molar-refractivity contribution in [1.29, 1.82) is 0 Å². The quantitative estimate of drug-likeness (QED) is 0.760. The molecule has 2 saturated heterocycles. The predicted molar refractivity (Wildman–Crippen MR) is 96.8 cm³/mol. The molecule has 2 spiro atoms. The van der Waals surface area contributed by atoms with Gasteiger partial charge in [-0.15, -0.1) is 0 Å². The number of carbonyl (C=O) groups excluding carboxylic acids is 2. The molecule has 0 aromatic heterocycles. The fraction of sp³-hybridized carbons (Fsp3) is 0.900. The summed E-state index contributed by atoms with van der Waals surface area (Å²) in [7, 11) is 0. The zero-order valence-corrected chi connectivity index (χ0v) is 16.6. The van der Waals surface area contributed by atoms with E-state index < -0.39 is 35.9 Å². The van der Waals surface area contributed by atoms with E-state index in [4.69, 9.17) is 4.74 Å². The topological polar surface area (TPSA) is 70.1 Å². The summed E-state index contributed by atoms with van der Waals surface area (Å²) in [6.07, 6.45) is -0.750. The largest absolute Gasteiger partial charge is 0.389 e. The number of likely N-dealkylation sites (tertiary alicyclic amines) is 1. The molecule has 0 aromatic rings. The van der Waals surface area contributed by atoms with Crippen LogP contribution in [-0.2, 0) is 14.3 Å². The van der Waals surface area contributed by atoms with Gasteiger partial charge in [0.25, 0.3) is 0 Å². The highest BCUT2D eigenvalue weighted by molar-refractivity contribution is 5.80. The van der Waals surface area contributed by atoms with Crippen LogP contribution in [0.4, 0.5) is 13.2 Å². The first-order valence-electron chi connectivity index (χ1n) is 10.5. The van der Waals surface area contributed by atoms with Gasteiger partial charge in [0, 0.05) is 24.9 Å². The van der Waals surface area contributed by atoms with Crippen LogP contribution in [-0.4, -0.2) is 76.9 Å². The van der Waals surface area contributed by atoms with E-state index >= 15 is 0 Å².